The van der Waals surface area contributed by atoms with E-state index in [0.29, 0.717) is 17.4 Å². The van der Waals surface area contributed by atoms with Gasteiger partial charge in [0.05, 0.1) is 0 Å². The van der Waals surface area contributed by atoms with Gasteiger partial charge in [0.2, 0.25) is 0 Å². The molecular formula is C19H24N4O. The smallest absolute Gasteiger partial charge is 0.256 e. The van der Waals surface area contributed by atoms with Crippen molar-refractivity contribution in [1.29, 1.82) is 0 Å². The van der Waals surface area contributed by atoms with Gasteiger partial charge in [-0.05, 0) is 57.3 Å². The maximum absolute atomic E-state index is 12.3. The van der Waals surface area contributed by atoms with Gasteiger partial charge >= 0.3 is 0 Å². The van der Waals surface area contributed by atoms with E-state index in [1.807, 2.05) is 43.3 Å². The molecular weight excluding hydrogens is 300 g/mol. The van der Waals surface area contributed by atoms with Crippen molar-refractivity contribution in [3.8, 4) is 0 Å². The zero-order valence-electron chi connectivity index (χ0n) is 14.5. The Hall–Kier alpha value is -2.40. The number of aryl methyl sites for hydroxylation is 1. The largest absolute Gasteiger partial charge is 0.366 e. The summed E-state index contributed by atoms with van der Waals surface area (Å²) in [6.07, 6.45) is 0. The summed E-state index contributed by atoms with van der Waals surface area (Å²) in [5, 5.41) is 2.84. The van der Waals surface area contributed by atoms with Gasteiger partial charge in [-0.25, -0.2) is 4.98 Å². The molecule has 1 fully saturated rings. The molecule has 1 aliphatic rings. The highest BCUT2D eigenvalue weighted by Gasteiger charge is 2.21. The third-order valence-electron chi connectivity index (χ3n) is 4.42. The predicted octanol–water partition coefficient (Wildman–Crippen LogP) is 2.78. The molecule has 2 aromatic rings. The Balaban J connectivity index is 1.69. The zero-order chi connectivity index (χ0) is 17.1. The van der Waals surface area contributed by atoms with Gasteiger partial charge in [0, 0.05) is 42.6 Å². The lowest BCUT2D eigenvalue weighted by molar-refractivity contribution is 0.102. The van der Waals surface area contributed by atoms with E-state index >= 15 is 0 Å². The standard InChI is InChI=1S/C19H24N4O/c1-14-5-4-6-18(20-14)21-19(24)16-7-9-17(10-8-16)23-12-11-22(3)13-15(23)2/h4-10,15H,11-13H2,1-3H3,(H,20,21,24). The van der Waals surface area contributed by atoms with Gasteiger partial charge in [-0.3, -0.25) is 4.79 Å². The molecule has 1 saturated heterocycles. The van der Waals surface area contributed by atoms with E-state index in [9.17, 15) is 4.79 Å². The summed E-state index contributed by atoms with van der Waals surface area (Å²) in [6.45, 7) is 7.27. The highest BCUT2D eigenvalue weighted by atomic mass is 16.1. The number of anilines is 2. The molecule has 0 bridgehead atoms. The number of piperazine rings is 1. The molecule has 1 aromatic heterocycles. The minimum absolute atomic E-state index is 0.133. The molecule has 0 spiro atoms. The molecule has 3 rings (SSSR count). The molecule has 0 saturated carbocycles. The number of hydrogen-bond acceptors (Lipinski definition) is 4. The van der Waals surface area contributed by atoms with Crippen LogP contribution in [0.15, 0.2) is 42.5 Å². The third kappa shape index (κ3) is 3.74. The normalized spacial score (nSPS) is 18.5. The van der Waals surface area contributed by atoms with E-state index in [1.54, 1.807) is 6.07 Å². The molecule has 2 heterocycles. The Labute approximate surface area is 143 Å². The lowest BCUT2D eigenvalue weighted by Crippen LogP contribution is -2.50. The number of amides is 1. The molecule has 5 heteroatoms. The molecule has 1 aliphatic heterocycles. The van der Waals surface area contributed by atoms with Crippen LogP contribution in [0.1, 0.15) is 23.0 Å². The monoisotopic (exact) mass is 324 g/mol. The van der Waals surface area contributed by atoms with E-state index in [4.69, 9.17) is 0 Å². The maximum atomic E-state index is 12.3. The summed E-state index contributed by atoms with van der Waals surface area (Å²) in [7, 11) is 2.15. The number of carbonyl (C=O) groups is 1. The lowest BCUT2D eigenvalue weighted by Gasteiger charge is -2.39. The van der Waals surface area contributed by atoms with Crippen molar-refractivity contribution < 1.29 is 4.79 Å². The molecule has 0 aliphatic carbocycles. The average molecular weight is 324 g/mol. The van der Waals surface area contributed by atoms with Crippen LogP contribution < -0.4 is 10.2 Å². The van der Waals surface area contributed by atoms with Gasteiger partial charge < -0.3 is 15.1 Å². The summed E-state index contributed by atoms with van der Waals surface area (Å²) in [5.41, 5.74) is 2.69. The van der Waals surface area contributed by atoms with Crippen molar-refractivity contribution in [2.75, 3.05) is 36.9 Å². The van der Waals surface area contributed by atoms with Crippen molar-refractivity contribution in [3.05, 3.63) is 53.7 Å². The van der Waals surface area contributed by atoms with Crippen LogP contribution in [0.2, 0.25) is 0 Å². The fraction of sp³-hybridized carbons (Fsp3) is 0.368. The highest BCUT2D eigenvalue weighted by Crippen LogP contribution is 2.21. The SMILES string of the molecule is Cc1cccc(NC(=O)c2ccc(N3CCN(C)CC3C)cc2)n1. The number of pyridine rings is 1. The second-order valence-electron chi connectivity index (χ2n) is 6.47. The van der Waals surface area contributed by atoms with Crippen LogP contribution in [0.5, 0.6) is 0 Å². The molecule has 24 heavy (non-hydrogen) atoms. The number of likely N-dealkylation sites (N-methyl/N-ethyl adjacent to an activating group) is 1. The lowest BCUT2D eigenvalue weighted by atomic mass is 10.1. The van der Waals surface area contributed by atoms with Crippen molar-refractivity contribution in [2.45, 2.75) is 19.9 Å². The number of hydrogen-bond donors (Lipinski definition) is 1. The highest BCUT2D eigenvalue weighted by molar-refractivity contribution is 6.03. The number of carbonyl (C=O) groups excluding carboxylic acids is 1. The van der Waals surface area contributed by atoms with E-state index < -0.39 is 0 Å². The summed E-state index contributed by atoms with van der Waals surface area (Å²) in [4.78, 5) is 21.4. The van der Waals surface area contributed by atoms with Crippen LogP contribution in [-0.4, -0.2) is 48.5 Å². The van der Waals surface area contributed by atoms with Gasteiger partial charge in [-0.15, -0.1) is 0 Å². The third-order valence-corrected chi connectivity index (χ3v) is 4.42. The van der Waals surface area contributed by atoms with Crippen LogP contribution in [0.3, 0.4) is 0 Å². The number of nitrogens with one attached hydrogen (secondary N) is 1. The van der Waals surface area contributed by atoms with Crippen molar-refractivity contribution in [2.24, 2.45) is 0 Å². The summed E-state index contributed by atoms with van der Waals surface area (Å²) >= 11 is 0. The van der Waals surface area contributed by atoms with Gasteiger partial charge in [0.1, 0.15) is 5.82 Å². The van der Waals surface area contributed by atoms with E-state index in [2.05, 4.69) is 34.1 Å². The topological polar surface area (TPSA) is 48.5 Å². The Kier molecular flexibility index (Phi) is 4.81. The number of benzene rings is 1. The Morgan fingerprint density at radius 3 is 2.58 bits per heavy atom. The Morgan fingerprint density at radius 2 is 1.92 bits per heavy atom. The van der Waals surface area contributed by atoms with E-state index in [-0.39, 0.29) is 5.91 Å². The average Bonchev–Trinajstić information content (AvgIpc) is 2.55. The van der Waals surface area contributed by atoms with Gasteiger partial charge in [-0.2, -0.15) is 0 Å². The Morgan fingerprint density at radius 1 is 1.17 bits per heavy atom. The molecule has 5 nitrogen and oxygen atoms in total. The first-order valence-corrected chi connectivity index (χ1v) is 8.33. The Bertz CT molecular complexity index is 714. The second-order valence-corrected chi connectivity index (χ2v) is 6.47. The van der Waals surface area contributed by atoms with Gasteiger partial charge in [-0.1, -0.05) is 6.07 Å². The molecule has 0 radical (unpaired) electrons. The molecule has 1 amide bonds. The van der Waals surface area contributed by atoms with Crippen LogP contribution >= 0.6 is 0 Å². The molecule has 1 atom stereocenters. The molecule has 1 unspecified atom stereocenters. The van der Waals surface area contributed by atoms with Crippen molar-refractivity contribution in [1.82, 2.24) is 9.88 Å². The number of rotatable bonds is 3. The first-order valence-electron chi connectivity index (χ1n) is 8.33. The number of nitrogens with zero attached hydrogens (tertiary/aromatic N) is 3. The first-order chi connectivity index (χ1) is 11.5. The molecule has 1 N–H and O–H groups in total. The van der Waals surface area contributed by atoms with E-state index in [0.717, 1.165) is 25.3 Å². The minimum atomic E-state index is -0.133. The fourth-order valence-corrected chi connectivity index (χ4v) is 3.13. The fourth-order valence-electron chi connectivity index (χ4n) is 3.13. The zero-order valence-corrected chi connectivity index (χ0v) is 14.5. The first kappa shape index (κ1) is 16.5. The predicted molar refractivity (Wildman–Crippen MR) is 97.7 cm³/mol. The summed E-state index contributed by atoms with van der Waals surface area (Å²) < 4.78 is 0. The maximum Gasteiger partial charge on any atom is 0.256 e. The van der Waals surface area contributed by atoms with Gasteiger partial charge in [0.15, 0.2) is 0 Å². The van der Waals surface area contributed by atoms with Crippen LogP contribution in [0, 0.1) is 6.92 Å². The van der Waals surface area contributed by atoms with Crippen LogP contribution in [-0.2, 0) is 0 Å². The quantitative estimate of drug-likeness (QED) is 0.943. The van der Waals surface area contributed by atoms with Crippen molar-refractivity contribution in [3.63, 3.8) is 0 Å². The molecule has 1 aromatic carbocycles. The van der Waals surface area contributed by atoms with Gasteiger partial charge in [0.25, 0.3) is 5.91 Å². The minimum Gasteiger partial charge on any atom is -0.366 e. The second kappa shape index (κ2) is 7.01. The van der Waals surface area contributed by atoms with Crippen molar-refractivity contribution >= 4 is 17.4 Å². The summed E-state index contributed by atoms with van der Waals surface area (Å²) in [6, 6.07) is 13.9. The van der Waals surface area contributed by atoms with Crippen LogP contribution in [0.4, 0.5) is 11.5 Å². The molecule has 126 valence electrons. The van der Waals surface area contributed by atoms with E-state index in [1.165, 1.54) is 5.69 Å². The summed E-state index contributed by atoms with van der Waals surface area (Å²) in [5.74, 6) is 0.447. The number of aromatic nitrogens is 1. The van der Waals surface area contributed by atoms with Crippen LogP contribution in [0.25, 0.3) is 0 Å².